The zero-order chi connectivity index (χ0) is 15.1. The molecule has 2 unspecified atom stereocenters. The summed E-state index contributed by atoms with van der Waals surface area (Å²) in [5.74, 6) is 0.807. The van der Waals surface area contributed by atoms with Crippen LogP contribution < -0.4 is 5.32 Å². The second-order valence-electron chi connectivity index (χ2n) is 5.89. The van der Waals surface area contributed by atoms with Crippen LogP contribution in [-0.2, 0) is 0 Å². The van der Waals surface area contributed by atoms with Crippen molar-refractivity contribution in [2.75, 3.05) is 5.32 Å². The predicted octanol–water partition coefficient (Wildman–Crippen LogP) is 4.72. The Morgan fingerprint density at radius 3 is 2.71 bits per heavy atom. The van der Waals surface area contributed by atoms with Crippen LogP contribution in [0.3, 0.4) is 0 Å². The first-order valence-corrected chi connectivity index (χ1v) is 7.56. The van der Waals surface area contributed by atoms with Gasteiger partial charge in [0, 0.05) is 5.56 Å². The Kier molecular flexibility index (Phi) is 3.54. The fourth-order valence-electron chi connectivity index (χ4n) is 3.31. The van der Waals surface area contributed by atoms with Crippen LogP contribution in [0.2, 0.25) is 5.15 Å². The summed E-state index contributed by atoms with van der Waals surface area (Å²) in [6.07, 6.45) is 2.71. The molecule has 3 rings (SSSR count). The standard InChI is InChI=1S/C17H19ClN2O/c1-9-4-5-14(21)16-13(7-10(2)15(9)16)20-12-6-11(3)17(18)19-8-12/h4-6,8,10,13,20-21H,7H2,1-3H3. The molecule has 1 heterocycles. The molecular weight excluding hydrogens is 284 g/mol. The van der Waals surface area contributed by atoms with Crippen LogP contribution in [-0.4, -0.2) is 10.1 Å². The number of phenols is 1. The third-order valence-electron chi connectivity index (χ3n) is 4.27. The molecule has 21 heavy (non-hydrogen) atoms. The maximum absolute atomic E-state index is 10.2. The molecule has 0 fully saturated rings. The fraction of sp³-hybridized carbons (Fsp3) is 0.353. The second-order valence-corrected chi connectivity index (χ2v) is 6.25. The SMILES string of the molecule is Cc1cc(NC2CC(C)c3c(C)ccc(O)c32)cnc1Cl. The average molecular weight is 303 g/mol. The summed E-state index contributed by atoms with van der Waals surface area (Å²) in [5, 5.41) is 14.3. The zero-order valence-corrected chi connectivity index (χ0v) is 13.2. The number of benzene rings is 1. The van der Waals surface area contributed by atoms with E-state index in [1.807, 2.05) is 19.1 Å². The van der Waals surface area contributed by atoms with Crippen molar-refractivity contribution in [1.29, 1.82) is 0 Å². The molecule has 0 spiro atoms. The van der Waals surface area contributed by atoms with Crippen LogP contribution in [0.1, 0.15) is 47.6 Å². The smallest absolute Gasteiger partial charge is 0.132 e. The molecule has 4 heteroatoms. The van der Waals surface area contributed by atoms with Gasteiger partial charge in [0.05, 0.1) is 17.9 Å². The molecule has 3 nitrogen and oxygen atoms in total. The van der Waals surface area contributed by atoms with Gasteiger partial charge in [-0.1, -0.05) is 24.6 Å². The molecule has 1 aliphatic rings. The van der Waals surface area contributed by atoms with E-state index in [0.717, 1.165) is 23.2 Å². The number of aromatic hydroxyl groups is 1. The van der Waals surface area contributed by atoms with Gasteiger partial charge in [-0.15, -0.1) is 0 Å². The van der Waals surface area contributed by atoms with Crippen molar-refractivity contribution in [1.82, 2.24) is 4.98 Å². The minimum atomic E-state index is 0.109. The lowest BCUT2D eigenvalue weighted by molar-refractivity contribution is 0.465. The summed E-state index contributed by atoms with van der Waals surface area (Å²) in [5.41, 5.74) is 5.41. The molecule has 2 atom stereocenters. The summed E-state index contributed by atoms with van der Waals surface area (Å²) in [6, 6.07) is 5.87. The monoisotopic (exact) mass is 302 g/mol. The van der Waals surface area contributed by atoms with Gasteiger partial charge in [-0.25, -0.2) is 4.98 Å². The Morgan fingerprint density at radius 1 is 1.24 bits per heavy atom. The molecule has 2 N–H and O–H groups in total. The lowest BCUT2D eigenvalue weighted by Crippen LogP contribution is -2.08. The third kappa shape index (κ3) is 2.46. The van der Waals surface area contributed by atoms with E-state index in [-0.39, 0.29) is 6.04 Å². The van der Waals surface area contributed by atoms with Gasteiger partial charge >= 0.3 is 0 Å². The molecule has 1 aromatic carbocycles. The Morgan fingerprint density at radius 2 is 2.00 bits per heavy atom. The van der Waals surface area contributed by atoms with Gasteiger partial charge in [-0.05, 0) is 55.0 Å². The lowest BCUT2D eigenvalue weighted by atomic mass is 9.97. The lowest BCUT2D eigenvalue weighted by Gasteiger charge is -2.17. The van der Waals surface area contributed by atoms with Crippen molar-refractivity contribution >= 4 is 17.3 Å². The van der Waals surface area contributed by atoms with Crippen molar-refractivity contribution in [3.05, 3.63) is 51.8 Å². The topological polar surface area (TPSA) is 45.1 Å². The molecule has 0 aliphatic heterocycles. The average Bonchev–Trinajstić information content (AvgIpc) is 2.76. The third-order valence-corrected chi connectivity index (χ3v) is 4.66. The van der Waals surface area contributed by atoms with Crippen LogP contribution in [0.5, 0.6) is 5.75 Å². The van der Waals surface area contributed by atoms with Gasteiger partial charge in [0.15, 0.2) is 0 Å². The van der Waals surface area contributed by atoms with Crippen LogP contribution in [0.25, 0.3) is 0 Å². The van der Waals surface area contributed by atoms with E-state index in [4.69, 9.17) is 11.6 Å². The largest absolute Gasteiger partial charge is 0.508 e. The number of hydrogen-bond donors (Lipinski definition) is 2. The molecule has 0 amide bonds. The summed E-state index contributed by atoms with van der Waals surface area (Å²) in [4.78, 5) is 4.18. The number of hydrogen-bond acceptors (Lipinski definition) is 3. The molecule has 0 saturated heterocycles. The van der Waals surface area contributed by atoms with Crippen molar-refractivity contribution in [2.45, 2.75) is 39.2 Å². The molecular formula is C17H19ClN2O. The highest BCUT2D eigenvalue weighted by Crippen LogP contribution is 2.47. The minimum absolute atomic E-state index is 0.109. The number of nitrogens with one attached hydrogen (secondary N) is 1. The normalized spacial score (nSPS) is 20.4. The van der Waals surface area contributed by atoms with Crippen molar-refractivity contribution in [3.63, 3.8) is 0 Å². The Bertz CT molecular complexity index is 699. The number of phenolic OH excluding ortho intramolecular Hbond substituents is 1. The molecule has 0 saturated carbocycles. The number of fused-ring (bicyclic) bond motifs is 1. The highest BCUT2D eigenvalue weighted by molar-refractivity contribution is 6.30. The Balaban J connectivity index is 1.96. The number of anilines is 1. The molecule has 110 valence electrons. The number of aromatic nitrogens is 1. The summed E-state index contributed by atoms with van der Waals surface area (Å²) < 4.78 is 0. The number of aryl methyl sites for hydroxylation is 2. The second kappa shape index (κ2) is 5.23. The van der Waals surface area contributed by atoms with Crippen molar-refractivity contribution < 1.29 is 5.11 Å². The van der Waals surface area contributed by atoms with E-state index in [1.54, 1.807) is 12.3 Å². The van der Waals surface area contributed by atoms with E-state index >= 15 is 0 Å². The maximum Gasteiger partial charge on any atom is 0.132 e. The number of halogens is 1. The molecule has 2 aromatic rings. The number of nitrogens with zero attached hydrogens (tertiary/aromatic N) is 1. The van der Waals surface area contributed by atoms with Crippen LogP contribution in [0.15, 0.2) is 24.4 Å². The van der Waals surface area contributed by atoms with Gasteiger partial charge in [0.1, 0.15) is 10.9 Å². The predicted molar refractivity (Wildman–Crippen MR) is 86.2 cm³/mol. The quantitative estimate of drug-likeness (QED) is 0.789. The van der Waals surface area contributed by atoms with E-state index in [1.165, 1.54) is 11.1 Å². The van der Waals surface area contributed by atoms with Crippen LogP contribution in [0.4, 0.5) is 5.69 Å². The van der Waals surface area contributed by atoms with Gasteiger partial charge in [-0.3, -0.25) is 0 Å². The summed E-state index contributed by atoms with van der Waals surface area (Å²) in [6.45, 7) is 6.25. The maximum atomic E-state index is 10.2. The van der Waals surface area contributed by atoms with Gasteiger partial charge in [0.2, 0.25) is 0 Å². The van der Waals surface area contributed by atoms with Gasteiger partial charge < -0.3 is 10.4 Å². The van der Waals surface area contributed by atoms with Crippen LogP contribution in [0, 0.1) is 13.8 Å². The molecule has 0 bridgehead atoms. The first-order chi connectivity index (χ1) is 9.97. The first-order valence-electron chi connectivity index (χ1n) is 7.18. The van der Waals surface area contributed by atoms with Crippen molar-refractivity contribution in [3.8, 4) is 5.75 Å². The van der Waals surface area contributed by atoms with Crippen molar-refractivity contribution in [2.24, 2.45) is 0 Å². The van der Waals surface area contributed by atoms with E-state index in [0.29, 0.717) is 16.8 Å². The van der Waals surface area contributed by atoms with E-state index in [2.05, 4.69) is 24.1 Å². The highest BCUT2D eigenvalue weighted by atomic mass is 35.5. The van der Waals surface area contributed by atoms with Crippen LogP contribution >= 0.6 is 11.6 Å². The highest BCUT2D eigenvalue weighted by Gasteiger charge is 2.32. The molecule has 1 aliphatic carbocycles. The van der Waals surface area contributed by atoms with E-state index < -0.39 is 0 Å². The summed E-state index contributed by atoms with van der Waals surface area (Å²) in [7, 11) is 0. The Labute approximate surface area is 130 Å². The molecule has 0 radical (unpaired) electrons. The Hall–Kier alpha value is -1.74. The minimum Gasteiger partial charge on any atom is -0.508 e. The number of rotatable bonds is 2. The fourth-order valence-corrected chi connectivity index (χ4v) is 3.42. The van der Waals surface area contributed by atoms with Gasteiger partial charge in [0.25, 0.3) is 0 Å². The zero-order valence-electron chi connectivity index (χ0n) is 12.4. The first kappa shape index (κ1) is 14.2. The summed E-state index contributed by atoms with van der Waals surface area (Å²) >= 11 is 5.97. The molecule has 1 aromatic heterocycles. The van der Waals surface area contributed by atoms with Gasteiger partial charge in [-0.2, -0.15) is 0 Å². The number of pyridine rings is 1. The van der Waals surface area contributed by atoms with E-state index in [9.17, 15) is 5.11 Å².